The van der Waals surface area contributed by atoms with Gasteiger partial charge in [0.05, 0.1) is 30.0 Å². The van der Waals surface area contributed by atoms with Crippen LogP contribution in [0.4, 0.5) is 10.1 Å². The molecule has 0 bridgehead atoms. The first-order chi connectivity index (χ1) is 17.6. The minimum Gasteiger partial charge on any atom is -0.492 e. The van der Waals surface area contributed by atoms with Crippen molar-refractivity contribution in [1.82, 2.24) is 9.88 Å². The number of hydrogen-bond donors (Lipinski definition) is 5. The molecule has 204 valence electrons. The van der Waals surface area contributed by atoms with E-state index in [2.05, 4.69) is 5.32 Å². The van der Waals surface area contributed by atoms with Gasteiger partial charge in [-0.2, -0.15) is 0 Å². The molecule has 1 aliphatic carbocycles. The van der Waals surface area contributed by atoms with Crippen molar-refractivity contribution in [1.29, 1.82) is 0 Å². The van der Waals surface area contributed by atoms with Crippen LogP contribution >= 0.6 is 16.8 Å². The van der Waals surface area contributed by atoms with Crippen molar-refractivity contribution < 1.29 is 38.2 Å². The lowest BCUT2D eigenvalue weighted by Crippen LogP contribution is -2.49. The average Bonchev–Trinajstić information content (AvgIpc) is 3.68. The van der Waals surface area contributed by atoms with Gasteiger partial charge in [-0.15, -0.1) is 0 Å². The lowest BCUT2D eigenvalue weighted by Gasteiger charge is -2.35. The predicted molar refractivity (Wildman–Crippen MR) is 139 cm³/mol. The highest BCUT2D eigenvalue weighted by Crippen LogP contribution is 2.51. The first kappa shape index (κ1) is 28.1. The number of benzene rings is 1. The predicted octanol–water partition coefficient (Wildman–Crippen LogP) is 2.14. The second-order valence-corrected chi connectivity index (χ2v) is 12.3. The lowest BCUT2D eigenvalue weighted by atomic mass is 10.1. The Morgan fingerprint density at radius 2 is 1.97 bits per heavy atom. The molecule has 0 amide bonds. The van der Waals surface area contributed by atoms with E-state index in [-0.39, 0.29) is 48.2 Å². The van der Waals surface area contributed by atoms with E-state index < -0.39 is 39.4 Å². The summed E-state index contributed by atoms with van der Waals surface area (Å²) < 4.78 is 28.2. The molecule has 11 nitrogen and oxygen atoms in total. The molecule has 2 fully saturated rings. The summed E-state index contributed by atoms with van der Waals surface area (Å²) in [5.74, 6) is -1.24. The van der Waals surface area contributed by atoms with Crippen molar-refractivity contribution in [3.05, 3.63) is 33.9 Å². The van der Waals surface area contributed by atoms with Crippen LogP contribution in [0.5, 0.6) is 5.75 Å². The molecule has 1 unspecified atom stereocenters. The Morgan fingerprint density at radius 1 is 1.27 bits per heavy atom. The van der Waals surface area contributed by atoms with Gasteiger partial charge in [-0.3, -0.25) is 4.79 Å². The fourth-order valence-electron chi connectivity index (χ4n) is 4.68. The van der Waals surface area contributed by atoms with Crippen LogP contribution in [-0.2, 0) is 4.74 Å². The number of aromatic nitrogens is 1. The summed E-state index contributed by atoms with van der Waals surface area (Å²) in [6.45, 7) is 3.67. The molecule has 5 N–H and O–H groups in total. The standard InChI is InChI=1S/C23H32FN3O8P2/c1-13-11-26(8-7-25-13)20-17(24)10-15-19(22(20)34-2)27(14-5-6-14)12-16(21(15)28)23(29)35-9-3-4-18(36(30)31)37(32)33/h10,12-14,18,25,30-33H,3-9,11H2,1-2H3. The maximum atomic E-state index is 15.5. The van der Waals surface area contributed by atoms with E-state index in [0.717, 1.165) is 18.9 Å². The van der Waals surface area contributed by atoms with E-state index >= 15 is 4.39 Å². The number of methoxy groups -OCH3 is 1. The molecule has 1 saturated heterocycles. The van der Waals surface area contributed by atoms with Crippen LogP contribution in [0, 0.1) is 5.82 Å². The van der Waals surface area contributed by atoms with Crippen LogP contribution in [0.3, 0.4) is 0 Å². The summed E-state index contributed by atoms with van der Waals surface area (Å²) in [5.41, 5.74) is -0.173. The minimum atomic E-state index is -2.55. The number of nitrogens with one attached hydrogen (secondary N) is 1. The van der Waals surface area contributed by atoms with Gasteiger partial charge in [0.15, 0.2) is 28.3 Å². The van der Waals surface area contributed by atoms with Crippen molar-refractivity contribution in [2.75, 3.05) is 38.3 Å². The Morgan fingerprint density at radius 3 is 2.57 bits per heavy atom. The number of fused-ring (bicyclic) bond motifs is 1. The van der Waals surface area contributed by atoms with E-state index in [1.54, 1.807) is 4.57 Å². The zero-order valence-corrected chi connectivity index (χ0v) is 22.4. The minimum absolute atomic E-state index is 0.0184. The van der Waals surface area contributed by atoms with E-state index in [4.69, 9.17) is 9.47 Å². The Hall–Kier alpha value is -1.91. The monoisotopic (exact) mass is 559 g/mol. The smallest absolute Gasteiger partial charge is 0.343 e. The third kappa shape index (κ3) is 6.06. The van der Waals surface area contributed by atoms with Crippen LogP contribution in [0.15, 0.2) is 17.1 Å². The number of carbonyl (C=O) groups excluding carboxylic acids is 1. The molecule has 1 saturated carbocycles. The molecule has 0 spiro atoms. The van der Waals surface area contributed by atoms with Crippen molar-refractivity contribution in [2.24, 2.45) is 0 Å². The molecular weight excluding hydrogens is 527 g/mol. The Kier molecular flexibility index (Phi) is 9.01. The normalized spacial score (nSPS) is 18.3. The number of pyridine rings is 1. The molecule has 37 heavy (non-hydrogen) atoms. The Bertz CT molecular complexity index is 1200. The van der Waals surface area contributed by atoms with Crippen molar-refractivity contribution >= 4 is 39.3 Å². The van der Waals surface area contributed by atoms with E-state index in [1.165, 1.54) is 13.3 Å². The van der Waals surface area contributed by atoms with Crippen molar-refractivity contribution in [3.63, 3.8) is 0 Å². The second kappa shape index (κ2) is 11.9. The summed E-state index contributed by atoms with van der Waals surface area (Å²) in [6, 6.07) is 1.35. The van der Waals surface area contributed by atoms with Gasteiger partial charge in [0, 0.05) is 37.9 Å². The summed E-state index contributed by atoms with van der Waals surface area (Å²) >= 11 is 0. The first-order valence-electron chi connectivity index (χ1n) is 12.1. The molecule has 1 atom stereocenters. The molecule has 1 aromatic heterocycles. The van der Waals surface area contributed by atoms with Gasteiger partial charge in [0.2, 0.25) is 5.43 Å². The number of hydrogen-bond acceptors (Lipinski definition) is 10. The maximum Gasteiger partial charge on any atom is 0.343 e. The third-order valence-electron chi connectivity index (χ3n) is 6.62. The zero-order valence-electron chi connectivity index (χ0n) is 20.6. The average molecular weight is 559 g/mol. The highest BCUT2D eigenvalue weighted by Gasteiger charge is 2.32. The quantitative estimate of drug-likeness (QED) is 0.166. The van der Waals surface area contributed by atoms with Crippen LogP contribution in [0.1, 0.15) is 49.0 Å². The number of rotatable bonds is 10. The van der Waals surface area contributed by atoms with Crippen molar-refractivity contribution in [2.45, 2.75) is 50.1 Å². The number of esters is 1. The van der Waals surface area contributed by atoms with E-state index in [0.29, 0.717) is 30.8 Å². The van der Waals surface area contributed by atoms with Gasteiger partial charge in [-0.05, 0) is 38.7 Å². The summed E-state index contributed by atoms with van der Waals surface area (Å²) in [7, 11) is -3.65. The third-order valence-corrected chi connectivity index (χ3v) is 9.44. The van der Waals surface area contributed by atoms with Crippen LogP contribution in [-0.4, -0.2) is 74.9 Å². The molecule has 1 aliphatic heterocycles. The SMILES string of the molecule is COc1c(N2CCNC(C)C2)c(F)cc2c(=O)c(C(=O)OCCCC(P(O)O)P(O)O)cn(C3CC3)c12. The van der Waals surface area contributed by atoms with Gasteiger partial charge in [-0.1, -0.05) is 0 Å². The van der Waals surface area contributed by atoms with Crippen LogP contribution in [0.2, 0.25) is 0 Å². The van der Waals surface area contributed by atoms with Gasteiger partial charge >= 0.3 is 5.97 Å². The highest BCUT2D eigenvalue weighted by atomic mass is 31.2. The van der Waals surface area contributed by atoms with Gasteiger partial charge < -0.3 is 43.8 Å². The topological polar surface area (TPSA) is 154 Å². The molecule has 2 heterocycles. The molecule has 2 aliphatic rings. The lowest BCUT2D eigenvalue weighted by molar-refractivity contribution is 0.0497. The maximum absolute atomic E-state index is 15.5. The van der Waals surface area contributed by atoms with Crippen molar-refractivity contribution in [3.8, 4) is 5.75 Å². The van der Waals surface area contributed by atoms with Gasteiger partial charge in [-0.25, -0.2) is 9.18 Å². The number of anilines is 1. The largest absolute Gasteiger partial charge is 0.492 e. The zero-order chi connectivity index (χ0) is 26.9. The second-order valence-electron chi connectivity index (χ2n) is 9.35. The number of ether oxygens (including phenoxy) is 2. The van der Waals surface area contributed by atoms with E-state index in [9.17, 15) is 29.2 Å². The molecule has 4 rings (SSSR count). The number of nitrogens with zero attached hydrogens (tertiary/aromatic N) is 2. The van der Waals surface area contributed by atoms with Crippen LogP contribution in [0.25, 0.3) is 10.9 Å². The summed E-state index contributed by atoms with van der Waals surface area (Å²) in [5, 5.41) is 2.25. The Balaban J connectivity index is 1.66. The molecule has 14 heteroatoms. The van der Waals surface area contributed by atoms with Gasteiger partial charge in [0.25, 0.3) is 0 Å². The van der Waals surface area contributed by atoms with Crippen LogP contribution < -0.4 is 20.4 Å². The first-order valence-corrected chi connectivity index (χ1v) is 14.7. The number of carbonyl (C=O) groups is 1. The Labute approximate surface area is 215 Å². The number of piperazine rings is 1. The molecular formula is C23H32FN3O8P2. The van der Waals surface area contributed by atoms with E-state index in [1.807, 2.05) is 11.8 Å². The summed E-state index contributed by atoms with van der Waals surface area (Å²) in [6.07, 6.45) is 3.27. The highest BCUT2D eigenvalue weighted by molar-refractivity contribution is 7.64. The fraction of sp³-hybridized carbons (Fsp3) is 0.565. The summed E-state index contributed by atoms with van der Waals surface area (Å²) in [4.78, 5) is 65.3. The molecule has 2 aromatic rings. The molecule has 1 aromatic carbocycles. The molecule has 0 radical (unpaired) electrons. The number of halogens is 1. The van der Waals surface area contributed by atoms with Gasteiger partial charge in [0.1, 0.15) is 11.3 Å². The fourth-order valence-corrected chi connectivity index (χ4v) is 6.25.